The van der Waals surface area contributed by atoms with E-state index in [9.17, 15) is 4.79 Å². The van der Waals surface area contributed by atoms with Gasteiger partial charge in [0.2, 0.25) is 5.95 Å². The first-order valence-electron chi connectivity index (χ1n) is 9.57. The van der Waals surface area contributed by atoms with E-state index < -0.39 is 0 Å². The number of anilines is 3. The Labute approximate surface area is 166 Å². The van der Waals surface area contributed by atoms with Crippen LogP contribution in [0.1, 0.15) is 37.6 Å². The van der Waals surface area contributed by atoms with Crippen LogP contribution in [0.4, 0.5) is 17.5 Å². The van der Waals surface area contributed by atoms with Gasteiger partial charge in [0.1, 0.15) is 5.82 Å². The molecule has 0 atom stereocenters. The minimum atomic E-state index is 0.0346. The Balaban J connectivity index is 1.90. The van der Waals surface area contributed by atoms with E-state index in [0.29, 0.717) is 23.2 Å². The van der Waals surface area contributed by atoms with Crippen LogP contribution in [0.25, 0.3) is 11.3 Å². The lowest BCUT2D eigenvalue weighted by molar-refractivity contribution is 0.101. The average molecular weight is 374 g/mol. The van der Waals surface area contributed by atoms with Gasteiger partial charge in [0.15, 0.2) is 5.78 Å². The molecule has 0 aliphatic carbocycles. The van der Waals surface area contributed by atoms with Crippen LogP contribution in [-0.2, 0) is 0 Å². The van der Waals surface area contributed by atoms with Crippen LogP contribution in [-0.4, -0.2) is 22.3 Å². The van der Waals surface area contributed by atoms with E-state index in [2.05, 4.69) is 34.4 Å². The number of carbonyl (C=O) groups is 1. The number of rotatable bonds is 8. The summed E-state index contributed by atoms with van der Waals surface area (Å²) in [5.41, 5.74) is 3.35. The maximum Gasteiger partial charge on any atom is 0.225 e. The number of nitrogens with one attached hydrogen (secondary N) is 2. The molecular formula is C23H26N4O. The molecule has 0 aliphatic heterocycles. The summed E-state index contributed by atoms with van der Waals surface area (Å²) in [6.07, 6.45) is 1.04. The van der Waals surface area contributed by atoms with Crippen molar-refractivity contribution in [3.8, 4) is 11.3 Å². The van der Waals surface area contributed by atoms with Crippen molar-refractivity contribution in [2.45, 2.75) is 27.2 Å². The van der Waals surface area contributed by atoms with Gasteiger partial charge in [0.25, 0.3) is 0 Å². The van der Waals surface area contributed by atoms with Crippen LogP contribution in [0.3, 0.4) is 0 Å². The number of Topliss-reactive ketones (excluding diaryl/α,β-unsaturated/α-hetero) is 1. The van der Waals surface area contributed by atoms with Gasteiger partial charge in [-0.1, -0.05) is 56.3 Å². The molecule has 0 spiro atoms. The van der Waals surface area contributed by atoms with Crippen molar-refractivity contribution in [3.63, 3.8) is 0 Å². The molecule has 28 heavy (non-hydrogen) atoms. The van der Waals surface area contributed by atoms with Crippen LogP contribution in [0.5, 0.6) is 0 Å². The van der Waals surface area contributed by atoms with Gasteiger partial charge in [-0.2, -0.15) is 4.98 Å². The highest BCUT2D eigenvalue weighted by atomic mass is 16.1. The number of hydrogen-bond acceptors (Lipinski definition) is 5. The van der Waals surface area contributed by atoms with Crippen LogP contribution in [0.2, 0.25) is 0 Å². The van der Waals surface area contributed by atoms with E-state index in [-0.39, 0.29) is 5.78 Å². The Kier molecular flexibility index (Phi) is 6.37. The van der Waals surface area contributed by atoms with Gasteiger partial charge in [-0.3, -0.25) is 4.79 Å². The van der Waals surface area contributed by atoms with E-state index in [1.54, 1.807) is 6.92 Å². The monoisotopic (exact) mass is 374 g/mol. The molecule has 0 fully saturated rings. The number of aromatic nitrogens is 2. The zero-order chi connectivity index (χ0) is 19.9. The Morgan fingerprint density at radius 2 is 1.79 bits per heavy atom. The summed E-state index contributed by atoms with van der Waals surface area (Å²) in [6, 6.07) is 19.4. The fraction of sp³-hybridized carbons (Fsp3) is 0.261. The molecule has 0 saturated heterocycles. The largest absolute Gasteiger partial charge is 0.354 e. The molecule has 2 N–H and O–H groups in total. The molecule has 5 heteroatoms. The molecular weight excluding hydrogens is 348 g/mol. The van der Waals surface area contributed by atoms with Crippen LogP contribution in [0.15, 0.2) is 60.7 Å². The number of nitrogens with zero attached hydrogens (tertiary/aromatic N) is 2. The Morgan fingerprint density at radius 1 is 1.00 bits per heavy atom. The fourth-order valence-corrected chi connectivity index (χ4v) is 2.78. The SMILES string of the molecule is CC(=O)c1cccc(Nc2cc(-c3ccccc3)nc(NCCC(C)C)n2)c1. The van der Waals surface area contributed by atoms with E-state index in [1.807, 2.05) is 60.7 Å². The van der Waals surface area contributed by atoms with Gasteiger partial charge in [0, 0.05) is 29.4 Å². The highest BCUT2D eigenvalue weighted by Crippen LogP contribution is 2.24. The second kappa shape index (κ2) is 9.13. The van der Waals surface area contributed by atoms with Crippen molar-refractivity contribution < 1.29 is 4.79 Å². The minimum absolute atomic E-state index is 0.0346. The van der Waals surface area contributed by atoms with Crippen molar-refractivity contribution in [1.29, 1.82) is 0 Å². The molecule has 0 saturated carbocycles. The van der Waals surface area contributed by atoms with Gasteiger partial charge < -0.3 is 10.6 Å². The lowest BCUT2D eigenvalue weighted by atomic mass is 10.1. The van der Waals surface area contributed by atoms with Gasteiger partial charge in [-0.15, -0.1) is 0 Å². The lowest BCUT2D eigenvalue weighted by Crippen LogP contribution is -2.09. The highest BCUT2D eigenvalue weighted by Gasteiger charge is 2.08. The first-order valence-corrected chi connectivity index (χ1v) is 9.57. The van der Waals surface area contributed by atoms with E-state index in [0.717, 1.165) is 29.9 Å². The molecule has 144 valence electrons. The quantitative estimate of drug-likeness (QED) is 0.506. The second-order valence-corrected chi connectivity index (χ2v) is 7.20. The van der Waals surface area contributed by atoms with Crippen LogP contribution in [0, 0.1) is 5.92 Å². The molecule has 3 aromatic rings. The maximum absolute atomic E-state index is 11.7. The van der Waals surface area contributed by atoms with Crippen molar-refractivity contribution in [3.05, 3.63) is 66.2 Å². The number of ketones is 1. The van der Waals surface area contributed by atoms with Gasteiger partial charge in [-0.05, 0) is 31.4 Å². The van der Waals surface area contributed by atoms with Gasteiger partial charge >= 0.3 is 0 Å². The molecule has 1 heterocycles. The topological polar surface area (TPSA) is 66.9 Å². The highest BCUT2D eigenvalue weighted by molar-refractivity contribution is 5.95. The molecule has 3 rings (SSSR count). The van der Waals surface area contributed by atoms with E-state index >= 15 is 0 Å². The summed E-state index contributed by atoms with van der Waals surface area (Å²) in [5.74, 6) is 1.91. The molecule has 5 nitrogen and oxygen atoms in total. The predicted octanol–water partition coefficient (Wildman–Crippen LogP) is 5.55. The summed E-state index contributed by atoms with van der Waals surface area (Å²) in [7, 11) is 0. The van der Waals surface area contributed by atoms with Crippen LogP contribution < -0.4 is 10.6 Å². The smallest absolute Gasteiger partial charge is 0.225 e. The zero-order valence-corrected chi connectivity index (χ0v) is 16.6. The van der Waals surface area contributed by atoms with Crippen molar-refractivity contribution in [2.24, 2.45) is 5.92 Å². The molecule has 0 unspecified atom stereocenters. The van der Waals surface area contributed by atoms with Gasteiger partial charge in [-0.25, -0.2) is 4.98 Å². The normalized spacial score (nSPS) is 10.7. The summed E-state index contributed by atoms with van der Waals surface area (Å²) in [6.45, 7) is 6.76. The Hall–Kier alpha value is -3.21. The maximum atomic E-state index is 11.7. The van der Waals surface area contributed by atoms with Gasteiger partial charge in [0.05, 0.1) is 5.69 Å². The van der Waals surface area contributed by atoms with Crippen LogP contribution >= 0.6 is 0 Å². The second-order valence-electron chi connectivity index (χ2n) is 7.20. The summed E-state index contributed by atoms with van der Waals surface area (Å²) in [4.78, 5) is 20.9. The third-order valence-corrected chi connectivity index (χ3v) is 4.34. The summed E-state index contributed by atoms with van der Waals surface area (Å²) < 4.78 is 0. The van der Waals surface area contributed by atoms with Crippen molar-refractivity contribution in [2.75, 3.05) is 17.2 Å². The first-order chi connectivity index (χ1) is 13.5. The predicted molar refractivity (Wildman–Crippen MR) is 115 cm³/mol. The Morgan fingerprint density at radius 3 is 2.50 bits per heavy atom. The molecule has 0 aliphatic rings. The first kappa shape index (κ1) is 19.5. The third-order valence-electron chi connectivity index (χ3n) is 4.34. The summed E-state index contributed by atoms with van der Waals surface area (Å²) in [5, 5.41) is 6.63. The average Bonchev–Trinajstić information content (AvgIpc) is 2.68. The lowest BCUT2D eigenvalue weighted by Gasteiger charge is -2.12. The number of hydrogen-bond donors (Lipinski definition) is 2. The minimum Gasteiger partial charge on any atom is -0.354 e. The molecule has 0 amide bonds. The third kappa shape index (κ3) is 5.39. The standard InChI is InChI=1S/C23H26N4O/c1-16(2)12-13-24-23-26-21(18-8-5-4-6-9-18)15-22(27-23)25-20-11-7-10-19(14-20)17(3)28/h4-11,14-16H,12-13H2,1-3H3,(H2,24,25,26,27). The zero-order valence-electron chi connectivity index (χ0n) is 16.6. The number of carbonyl (C=O) groups excluding carboxylic acids is 1. The molecule has 0 radical (unpaired) electrons. The van der Waals surface area contributed by atoms with E-state index in [1.165, 1.54) is 0 Å². The molecule has 1 aromatic heterocycles. The Bertz CT molecular complexity index is 938. The van der Waals surface area contributed by atoms with E-state index in [4.69, 9.17) is 0 Å². The van der Waals surface area contributed by atoms with Crippen molar-refractivity contribution in [1.82, 2.24) is 9.97 Å². The molecule has 0 bridgehead atoms. The fourth-order valence-electron chi connectivity index (χ4n) is 2.78. The summed E-state index contributed by atoms with van der Waals surface area (Å²) >= 11 is 0. The molecule has 2 aromatic carbocycles. The number of benzene rings is 2. The van der Waals surface area contributed by atoms with Crippen molar-refractivity contribution >= 4 is 23.2 Å².